The lowest BCUT2D eigenvalue weighted by Crippen LogP contribution is -2.13. The third-order valence-corrected chi connectivity index (χ3v) is 3.84. The van der Waals surface area contributed by atoms with E-state index in [0.717, 1.165) is 11.1 Å². The van der Waals surface area contributed by atoms with E-state index in [4.69, 9.17) is 11.0 Å². The number of anilines is 2. The number of nitrogens with zero attached hydrogens (tertiary/aromatic N) is 5. The summed E-state index contributed by atoms with van der Waals surface area (Å²) in [5, 5.41) is 16.3. The zero-order valence-electron chi connectivity index (χ0n) is 14.4. The third kappa shape index (κ3) is 3.52. The van der Waals surface area contributed by atoms with Crippen molar-refractivity contribution in [1.82, 2.24) is 19.7 Å². The molecule has 0 saturated carbocycles. The molecule has 1 amide bonds. The minimum absolute atomic E-state index is 0.0925. The van der Waals surface area contributed by atoms with Gasteiger partial charge in [-0.15, -0.1) is 0 Å². The van der Waals surface area contributed by atoms with Crippen molar-refractivity contribution in [3.63, 3.8) is 0 Å². The SMILES string of the molecule is Cc1cnc(Nc2ccn(C)n2)nc1-c1ccc(C(N)=O)c(CC#N)c1. The molecule has 0 spiro atoms. The molecule has 0 aliphatic heterocycles. The van der Waals surface area contributed by atoms with Crippen molar-refractivity contribution in [2.45, 2.75) is 13.3 Å². The number of rotatable bonds is 5. The van der Waals surface area contributed by atoms with Gasteiger partial charge in [-0.1, -0.05) is 6.07 Å². The third-order valence-electron chi connectivity index (χ3n) is 3.84. The van der Waals surface area contributed by atoms with E-state index < -0.39 is 5.91 Å². The molecule has 0 radical (unpaired) electrons. The first kappa shape index (κ1) is 17.1. The van der Waals surface area contributed by atoms with Gasteiger partial charge in [-0.25, -0.2) is 9.97 Å². The number of aromatic nitrogens is 4. The van der Waals surface area contributed by atoms with Gasteiger partial charge < -0.3 is 11.1 Å². The Morgan fingerprint density at radius 3 is 2.85 bits per heavy atom. The molecule has 130 valence electrons. The quantitative estimate of drug-likeness (QED) is 0.728. The van der Waals surface area contributed by atoms with Crippen LogP contribution in [0.4, 0.5) is 11.8 Å². The Balaban J connectivity index is 2.00. The van der Waals surface area contributed by atoms with Crippen LogP contribution in [-0.2, 0) is 13.5 Å². The van der Waals surface area contributed by atoms with Gasteiger partial charge in [0.1, 0.15) is 0 Å². The van der Waals surface area contributed by atoms with E-state index in [1.165, 1.54) is 0 Å². The van der Waals surface area contributed by atoms with Crippen molar-refractivity contribution < 1.29 is 4.79 Å². The summed E-state index contributed by atoms with van der Waals surface area (Å²) in [5.74, 6) is 0.486. The first-order valence-corrected chi connectivity index (χ1v) is 7.88. The number of hydrogen-bond acceptors (Lipinski definition) is 6. The number of amides is 1. The fourth-order valence-electron chi connectivity index (χ4n) is 2.60. The average molecular weight is 347 g/mol. The van der Waals surface area contributed by atoms with Gasteiger partial charge in [-0.05, 0) is 30.2 Å². The number of primary amides is 1. The zero-order chi connectivity index (χ0) is 18.7. The summed E-state index contributed by atoms with van der Waals surface area (Å²) in [7, 11) is 1.82. The molecule has 8 nitrogen and oxygen atoms in total. The summed E-state index contributed by atoms with van der Waals surface area (Å²) in [4.78, 5) is 20.4. The highest BCUT2D eigenvalue weighted by atomic mass is 16.1. The van der Waals surface area contributed by atoms with E-state index in [1.54, 1.807) is 29.1 Å². The maximum Gasteiger partial charge on any atom is 0.249 e. The lowest BCUT2D eigenvalue weighted by Gasteiger charge is -2.10. The molecule has 0 aliphatic rings. The summed E-state index contributed by atoms with van der Waals surface area (Å²) in [6.45, 7) is 1.89. The van der Waals surface area contributed by atoms with Crippen LogP contribution < -0.4 is 11.1 Å². The van der Waals surface area contributed by atoms with Crippen molar-refractivity contribution in [2.75, 3.05) is 5.32 Å². The van der Waals surface area contributed by atoms with Crippen LogP contribution in [0.25, 0.3) is 11.3 Å². The minimum atomic E-state index is -0.557. The summed E-state index contributed by atoms with van der Waals surface area (Å²) >= 11 is 0. The van der Waals surface area contributed by atoms with Crippen molar-refractivity contribution in [1.29, 1.82) is 5.26 Å². The van der Waals surface area contributed by atoms with Crippen molar-refractivity contribution >= 4 is 17.7 Å². The van der Waals surface area contributed by atoms with Crippen LogP contribution in [-0.4, -0.2) is 25.7 Å². The van der Waals surface area contributed by atoms with Crippen LogP contribution in [0.15, 0.2) is 36.7 Å². The number of nitriles is 1. The lowest BCUT2D eigenvalue weighted by atomic mass is 9.98. The highest BCUT2D eigenvalue weighted by Crippen LogP contribution is 2.25. The van der Waals surface area contributed by atoms with Crippen molar-refractivity contribution in [2.24, 2.45) is 12.8 Å². The fraction of sp³-hybridized carbons (Fsp3) is 0.167. The average Bonchev–Trinajstić information content (AvgIpc) is 3.01. The molecular weight excluding hydrogens is 330 g/mol. The van der Waals surface area contributed by atoms with Crippen molar-refractivity contribution in [3.05, 3.63) is 53.3 Å². The minimum Gasteiger partial charge on any atom is -0.366 e. The highest BCUT2D eigenvalue weighted by Gasteiger charge is 2.13. The summed E-state index contributed by atoms with van der Waals surface area (Å²) < 4.78 is 1.67. The molecule has 0 bridgehead atoms. The monoisotopic (exact) mass is 347 g/mol. The normalized spacial score (nSPS) is 10.3. The van der Waals surface area contributed by atoms with E-state index in [9.17, 15) is 4.79 Å². The second kappa shape index (κ2) is 7.03. The summed E-state index contributed by atoms with van der Waals surface area (Å²) in [6.07, 6.45) is 3.61. The number of nitrogens with two attached hydrogens (primary N) is 1. The van der Waals surface area contributed by atoms with Gasteiger partial charge in [0, 0.05) is 36.6 Å². The Hall–Kier alpha value is -3.73. The Labute approximate surface area is 150 Å². The smallest absolute Gasteiger partial charge is 0.249 e. The Kier molecular flexibility index (Phi) is 4.62. The molecule has 0 atom stereocenters. The van der Waals surface area contributed by atoms with Gasteiger partial charge in [0.05, 0.1) is 18.2 Å². The highest BCUT2D eigenvalue weighted by molar-refractivity contribution is 5.95. The second-order valence-electron chi connectivity index (χ2n) is 5.80. The molecule has 3 rings (SSSR count). The van der Waals surface area contributed by atoms with Crippen LogP contribution >= 0.6 is 0 Å². The molecule has 3 N–H and O–H groups in total. The van der Waals surface area contributed by atoms with Gasteiger partial charge in [0.2, 0.25) is 11.9 Å². The number of aryl methyl sites for hydroxylation is 2. The first-order chi connectivity index (χ1) is 12.5. The lowest BCUT2D eigenvalue weighted by molar-refractivity contribution is 0.0999. The van der Waals surface area contributed by atoms with Crippen LogP contribution in [0.5, 0.6) is 0 Å². The van der Waals surface area contributed by atoms with Crippen LogP contribution in [0, 0.1) is 18.3 Å². The topological polar surface area (TPSA) is 123 Å². The van der Waals surface area contributed by atoms with E-state index in [1.807, 2.05) is 26.2 Å². The standard InChI is InChI=1S/C18H17N7O/c1-11-10-21-18(22-15-6-8-25(2)24-15)23-16(11)13-3-4-14(17(20)26)12(9-13)5-7-19/h3-4,6,8-10H,5H2,1-2H3,(H2,20,26)(H,21,22,23,24). The van der Waals surface area contributed by atoms with Crippen molar-refractivity contribution in [3.8, 4) is 17.3 Å². The molecule has 0 aliphatic carbocycles. The predicted octanol–water partition coefficient (Wildman–Crippen LogP) is 2.09. The molecule has 0 unspecified atom stereocenters. The van der Waals surface area contributed by atoms with Crippen LogP contribution in [0.1, 0.15) is 21.5 Å². The molecule has 0 saturated heterocycles. The molecule has 0 fully saturated rings. The van der Waals surface area contributed by atoms with Gasteiger partial charge in [0.25, 0.3) is 0 Å². The van der Waals surface area contributed by atoms with Gasteiger partial charge in [-0.3, -0.25) is 9.48 Å². The number of benzene rings is 1. The van der Waals surface area contributed by atoms with Crippen LogP contribution in [0.3, 0.4) is 0 Å². The summed E-state index contributed by atoms with van der Waals surface area (Å²) in [6, 6.07) is 9.03. The van der Waals surface area contributed by atoms with Gasteiger partial charge >= 0.3 is 0 Å². The van der Waals surface area contributed by atoms with E-state index in [0.29, 0.717) is 28.6 Å². The predicted molar refractivity (Wildman–Crippen MR) is 96.5 cm³/mol. The first-order valence-electron chi connectivity index (χ1n) is 7.88. The number of hydrogen-bond donors (Lipinski definition) is 2. The maximum absolute atomic E-state index is 11.5. The molecule has 8 heteroatoms. The number of nitrogens with one attached hydrogen (secondary N) is 1. The number of carbonyl (C=O) groups is 1. The fourth-order valence-corrected chi connectivity index (χ4v) is 2.60. The maximum atomic E-state index is 11.5. The molecule has 1 aromatic carbocycles. The Bertz CT molecular complexity index is 1020. The van der Waals surface area contributed by atoms with E-state index in [-0.39, 0.29) is 6.42 Å². The summed E-state index contributed by atoms with van der Waals surface area (Å²) in [5.41, 5.74) is 8.65. The largest absolute Gasteiger partial charge is 0.366 e. The van der Waals surface area contributed by atoms with E-state index in [2.05, 4.69) is 26.5 Å². The second-order valence-corrected chi connectivity index (χ2v) is 5.80. The van der Waals surface area contributed by atoms with Crippen LogP contribution in [0.2, 0.25) is 0 Å². The molecular formula is C18H17N7O. The molecule has 3 aromatic rings. The number of carbonyl (C=O) groups excluding carboxylic acids is 1. The Morgan fingerprint density at radius 1 is 1.38 bits per heavy atom. The molecule has 2 aromatic heterocycles. The zero-order valence-corrected chi connectivity index (χ0v) is 14.4. The van der Waals surface area contributed by atoms with E-state index >= 15 is 0 Å². The van der Waals surface area contributed by atoms with Gasteiger partial charge in [-0.2, -0.15) is 10.4 Å². The van der Waals surface area contributed by atoms with Gasteiger partial charge in [0.15, 0.2) is 5.82 Å². The molecule has 26 heavy (non-hydrogen) atoms. The Morgan fingerprint density at radius 2 is 2.19 bits per heavy atom. The molecule has 2 heterocycles.